The highest BCUT2D eigenvalue weighted by Gasteiger charge is 2.31. The van der Waals surface area contributed by atoms with E-state index in [-0.39, 0.29) is 24.2 Å². The van der Waals surface area contributed by atoms with Crippen LogP contribution in [0.5, 0.6) is 0 Å². The van der Waals surface area contributed by atoms with E-state index in [1.807, 2.05) is 12.1 Å². The van der Waals surface area contributed by atoms with Gasteiger partial charge in [0.2, 0.25) is 5.91 Å². The van der Waals surface area contributed by atoms with Crippen LogP contribution in [0.15, 0.2) is 28.7 Å². The first-order valence-electron chi connectivity index (χ1n) is 6.92. The normalized spacial score (nSPS) is 15.3. The number of piperazine rings is 1. The minimum Gasteiger partial charge on any atom is -0.338 e. The van der Waals surface area contributed by atoms with Gasteiger partial charge >= 0.3 is 0 Å². The van der Waals surface area contributed by atoms with Gasteiger partial charge in [-0.1, -0.05) is 15.9 Å². The van der Waals surface area contributed by atoms with Gasteiger partial charge in [0.15, 0.2) is 0 Å². The minimum atomic E-state index is -0.863. The molecule has 2 rings (SSSR count). The molecule has 1 aliphatic heterocycles. The van der Waals surface area contributed by atoms with Crippen molar-refractivity contribution < 1.29 is 9.59 Å². The third-order valence-electron chi connectivity index (χ3n) is 3.50. The largest absolute Gasteiger partial charge is 0.338 e. The number of amides is 2. The topological polar surface area (TPSA) is 66.6 Å². The number of hydrogen-bond donors (Lipinski definition) is 1. The zero-order chi connectivity index (χ0) is 15.6. The molecule has 5 nitrogen and oxygen atoms in total. The van der Waals surface area contributed by atoms with E-state index in [1.165, 1.54) is 0 Å². The van der Waals surface area contributed by atoms with E-state index in [1.54, 1.807) is 35.8 Å². The molecule has 22 heavy (non-hydrogen) atoms. The maximum atomic E-state index is 12.4. The van der Waals surface area contributed by atoms with E-state index in [0.717, 1.165) is 4.47 Å². The average Bonchev–Trinajstić information content (AvgIpc) is 2.46. The second kappa shape index (κ2) is 7.44. The van der Waals surface area contributed by atoms with Gasteiger partial charge in [-0.25, -0.2) is 0 Å². The summed E-state index contributed by atoms with van der Waals surface area (Å²) in [5.41, 5.74) is 5.63. The number of rotatable bonds is 2. The average molecular weight is 391 g/mol. The molecule has 0 spiro atoms. The molecule has 1 aromatic rings. The van der Waals surface area contributed by atoms with Crippen LogP contribution >= 0.6 is 28.3 Å². The fourth-order valence-corrected chi connectivity index (χ4v) is 2.56. The number of benzene rings is 1. The molecule has 1 saturated heterocycles. The Bertz CT molecular complexity index is 535. The Morgan fingerprint density at radius 2 is 1.50 bits per heavy atom. The van der Waals surface area contributed by atoms with Crippen LogP contribution in [-0.4, -0.2) is 53.3 Å². The Morgan fingerprint density at radius 1 is 1.05 bits per heavy atom. The first-order valence-corrected chi connectivity index (χ1v) is 7.71. The molecular weight excluding hydrogens is 370 g/mol. The summed E-state index contributed by atoms with van der Waals surface area (Å²) in [7, 11) is 0. The van der Waals surface area contributed by atoms with E-state index in [2.05, 4.69) is 15.9 Å². The van der Waals surface area contributed by atoms with Crippen LogP contribution in [0.4, 0.5) is 0 Å². The van der Waals surface area contributed by atoms with Crippen LogP contribution in [0, 0.1) is 0 Å². The molecule has 0 bridgehead atoms. The zero-order valence-electron chi connectivity index (χ0n) is 12.7. The summed E-state index contributed by atoms with van der Waals surface area (Å²) >= 11 is 3.35. The molecule has 1 aliphatic rings. The van der Waals surface area contributed by atoms with Crippen molar-refractivity contribution in [2.75, 3.05) is 26.2 Å². The Kier molecular flexibility index (Phi) is 6.40. The highest BCUT2D eigenvalue weighted by atomic mass is 79.9. The van der Waals surface area contributed by atoms with Crippen LogP contribution in [0.25, 0.3) is 0 Å². The second-order valence-electron chi connectivity index (χ2n) is 5.81. The quantitative estimate of drug-likeness (QED) is 0.838. The third-order valence-corrected chi connectivity index (χ3v) is 4.03. The predicted octanol–water partition coefficient (Wildman–Crippen LogP) is 1.89. The number of halogens is 2. The molecule has 7 heteroatoms. The monoisotopic (exact) mass is 389 g/mol. The second-order valence-corrected chi connectivity index (χ2v) is 6.73. The summed E-state index contributed by atoms with van der Waals surface area (Å²) in [4.78, 5) is 28.0. The molecule has 0 atom stereocenters. The summed E-state index contributed by atoms with van der Waals surface area (Å²) in [6.07, 6.45) is 0. The lowest BCUT2D eigenvalue weighted by Crippen LogP contribution is -2.57. The molecule has 122 valence electrons. The lowest BCUT2D eigenvalue weighted by Gasteiger charge is -2.37. The van der Waals surface area contributed by atoms with Crippen LogP contribution in [-0.2, 0) is 4.79 Å². The van der Waals surface area contributed by atoms with Gasteiger partial charge in [-0.15, -0.1) is 12.4 Å². The highest BCUT2D eigenvalue weighted by Crippen LogP contribution is 2.14. The highest BCUT2D eigenvalue weighted by molar-refractivity contribution is 9.10. The number of carbonyl (C=O) groups is 2. The summed E-state index contributed by atoms with van der Waals surface area (Å²) in [6, 6.07) is 7.30. The summed E-state index contributed by atoms with van der Waals surface area (Å²) < 4.78 is 0.944. The predicted molar refractivity (Wildman–Crippen MR) is 92.1 cm³/mol. The maximum absolute atomic E-state index is 12.4. The fraction of sp³-hybridized carbons (Fsp3) is 0.467. The molecule has 0 aromatic heterocycles. The molecule has 2 amide bonds. The van der Waals surface area contributed by atoms with Crippen molar-refractivity contribution in [3.8, 4) is 0 Å². The van der Waals surface area contributed by atoms with E-state index in [0.29, 0.717) is 31.7 Å². The fourth-order valence-electron chi connectivity index (χ4n) is 2.30. The number of carbonyl (C=O) groups excluding carboxylic acids is 2. The van der Waals surface area contributed by atoms with Crippen molar-refractivity contribution in [2.24, 2.45) is 5.73 Å². The van der Waals surface area contributed by atoms with Gasteiger partial charge in [0.25, 0.3) is 5.91 Å². The van der Waals surface area contributed by atoms with Crippen molar-refractivity contribution in [1.82, 2.24) is 9.80 Å². The van der Waals surface area contributed by atoms with Crippen molar-refractivity contribution >= 4 is 40.2 Å². The lowest BCUT2D eigenvalue weighted by atomic mass is 10.0. The van der Waals surface area contributed by atoms with Crippen LogP contribution < -0.4 is 5.73 Å². The molecule has 1 fully saturated rings. The van der Waals surface area contributed by atoms with Crippen LogP contribution in [0.1, 0.15) is 24.2 Å². The van der Waals surface area contributed by atoms with Crippen molar-refractivity contribution in [3.05, 3.63) is 34.3 Å². The molecule has 1 aromatic carbocycles. The molecule has 0 radical (unpaired) electrons. The van der Waals surface area contributed by atoms with E-state index in [9.17, 15) is 9.59 Å². The Labute approximate surface area is 145 Å². The number of nitrogens with zero attached hydrogens (tertiary/aromatic N) is 2. The molecule has 1 heterocycles. The van der Waals surface area contributed by atoms with Gasteiger partial charge < -0.3 is 15.5 Å². The maximum Gasteiger partial charge on any atom is 0.253 e. The Morgan fingerprint density at radius 3 is 1.95 bits per heavy atom. The molecule has 0 aliphatic carbocycles. The first-order chi connectivity index (χ1) is 9.79. The zero-order valence-corrected chi connectivity index (χ0v) is 15.1. The van der Waals surface area contributed by atoms with Crippen LogP contribution in [0.3, 0.4) is 0 Å². The van der Waals surface area contributed by atoms with E-state index in [4.69, 9.17) is 5.73 Å². The van der Waals surface area contributed by atoms with Gasteiger partial charge in [-0.05, 0) is 38.1 Å². The van der Waals surface area contributed by atoms with Crippen molar-refractivity contribution in [3.63, 3.8) is 0 Å². The SMILES string of the molecule is CC(C)(N)C(=O)N1CCN(C(=O)c2ccc(Br)cc2)CC1.Cl. The first kappa shape index (κ1) is 18.9. The molecule has 2 N–H and O–H groups in total. The lowest BCUT2D eigenvalue weighted by molar-refractivity contribution is -0.137. The van der Waals surface area contributed by atoms with Gasteiger partial charge in [-0.3, -0.25) is 9.59 Å². The Balaban J connectivity index is 0.00000242. The van der Waals surface area contributed by atoms with E-state index >= 15 is 0 Å². The molecular formula is C15H21BrClN3O2. The molecule has 0 unspecified atom stereocenters. The van der Waals surface area contributed by atoms with Gasteiger partial charge in [-0.2, -0.15) is 0 Å². The van der Waals surface area contributed by atoms with Gasteiger partial charge in [0.05, 0.1) is 5.54 Å². The van der Waals surface area contributed by atoms with Crippen molar-refractivity contribution in [2.45, 2.75) is 19.4 Å². The summed E-state index contributed by atoms with van der Waals surface area (Å²) in [6.45, 7) is 5.54. The summed E-state index contributed by atoms with van der Waals surface area (Å²) in [5, 5.41) is 0. The standard InChI is InChI=1S/C15H20BrN3O2.ClH/c1-15(2,17)14(21)19-9-7-18(8-10-19)13(20)11-3-5-12(16)6-4-11;/h3-6H,7-10,17H2,1-2H3;1H. The Hall–Kier alpha value is -1.11. The molecule has 0 saturated carbocycles. The smallest absolute Gasteiger partial charge is 0.253 e. The minimum absolute atomic E-state index is 0. The van der Waals surface area contributed by atoms with Crippen molar-refractivity contribution in [1.29, 1.82) is 0 Å². The number of nitrogens with two attached hydrogens (primary N) is 1. The van der Waals surface area contributed by atoms with Gasteiger partial charge in [0, 0.05) is 36.2 Å². The third kappa shape index (κ3) is 4.44. The summed E-state index contributed by atoms with van der Waals surface area (Å²) in [5.74, 6) is -0.0696. The van der Waals surface area contributed by atoms with E-state index < -0.39 is 5.54 Å². The van der Waals surface area contributed by atoms with Crippen LogP contribution in [0.2, 0.25) is 0 Å². The van der Waals surface area contributed by atoms with Gasteiger partial charge in [0.1, 0.15) is 0 Å². The number of hydrogen-bond acceptors (Lipinski definition) is 3.